The van der Waals surface area contributed by atoms with Gasteiger partial charge < -0.3 is 5.32 Å². The maximum atomic E-state index is 12.0. The molecular formula is C13H18N2O3S. The Balaban J connectivity index is 2.30. The summed E-state index contributed by atoms with van der Waals surface area (Å²) in [5.74, 6) is 0.335. The van der Waals surface area contributed by atoms with Crippen molar-refractivity contribution in [3.8, 4) is 0 Å². The van der Waals surface area contributed by atoms with E-state index >= 15 is 0 Å². The molecule has 0 spiro atoms. The molecule has 0 saturated heterocycles. The zero-order valence-electron chi connectivity index (χ0n) is 11.1. The standard InChI is InChI=1S/C13H18N2O3S/c1-8-5-9(2)12(19(14,17)18)6-11(8)13(16)15-7-10-3-4-10/h5-6,10H,3-4,7H2,1-2H3,(H,15,16)(H2,14,17,18). The average Bonchev–Trinajstić information content (AvgIpc) is 3.07. The predicted octanol–water partition coefficient (Wildman–Crippen LogP) is 1.09. The third kappa shape index (κ3) is 3.33. The van der Waals surface area contributed by atoms with Crippen LogP contribution < -0.4 is 10.5 Å². The molecule has 3 N–H and O–H groups in total. The lowest BCUT2D eigenvalue weighted by atomic mass is 10.0. The van der Waals surface area contributed by atoms with Crippen molar-refractivity contribution in [2.75, 3.05) is 6.54 Å². The van der Waals surface area contributed by atoms with Crippen LogP contribution in [-0.4, -0.2) is 20.9 Å². The summed E-state index contributed by atoms with van der Waals surface area (Å²) >= 11 is 0. The molecule has 0 radical (unpaired) electrons. The normalized spacial score (nSPS) is 15.3. The monoisotopic (exact) mass is 282 g/mol. The maximum Gasteiger partial charge on any atom is 0.251 e. The molecule has 1 aromatic carbocycles. The highest BCUT2D eigenvalue weighted by molar-refractivity contribution is 7.89. The Bertz CT molecular complexity index is 619. The molecule has 0 aromatic heterocycles. The molecule has 1 fully saturated rings. The van der Waals surface area contributed by atoms with Crippen molar-refractivity contribution in [3.63, 3.8) is 0 Å². The number of benzene rings is 1. The van der Waals surface area contributed by atoms with Crippen LogP contribution in [-0.2, 0) is 10.0 Å². The Hall–Kier alpha value is -1.40. The van der Waals surface area contributed by atoms with Crippen molar-refractivity contribution in [1.29, 1.82) is 0 Å². The van der Waals surface area contributed by atoms with Gasteiger partial charge in [-0.05, 0) is 49.8 Å². The summed E-state index contributed by atoms with van der Waals surface area (Å²) in [4.78, 5) is 12.1. The Kier molecular flexibility index (Phi) is 3.64. The number of amides is 1. The van der Waals surface area contributed by atoms with Crippen LogP contribution in [0.4, 0.5) is 0 Å². The molecule has 0 bridgehead atoms. The van der Waals surface area contributed by atoms with Crippen LogP contribution in [0.2, 0.25) is 0 Å². The third-order valence-corrected chi connectivity index (χ3v) is 4.37. The number of hydrogen-bond donors (Lipinski definition) is 2. The first kappa shape index (κ1) is 14.0. The van der Waals surface area contributed by atoms with E-state index in [9.17, 15) is 13.2 Å². The first-order valence-electron chi connectivity index (χ1n) is 6.21. The minimum atomic E-state index is -3.81. The predicted molar refractivity (Wildman–Crippen MR) is 72.3 cm³/mol. The van der Waals surface area contributed by atoms with Gasteiger partial charge in [-0.3, -0.25) is 4.79 Å². The fourth-order valence-corrected chi connectivity index (χ4v) is 2.83. The van der Waals surface area contributed by atoms with Gasteiger partial charge in [0.15, 0.2) is 0 Å². The second-order valence-corrected chi connectivity index (χ2v) is 6.66. The molecule has 1 amide bonds. The second-order valence-electron chi connectivity index (χ2n) is 5.13. The number of hydrogen-bond acceptors (Lipinski definition) is 3. The number of carbonyl (C=O) groups is 1. The van der Waals surface area contributed by atoms with Gasteiger partial charge in [-0.15, -0.1) is 0 Å². The number of nitrogens with one attached hydrogen (secondary N) is 1. The van der Waals surface area contributed by atoms with Crippen molar-refractivity contribution in [2.45, 2.75) is 31.6 Å². The number of rotatable bonds is 4. The van der Waals surface area contributed by atoms with E-state index < -0.39 is 10.0 Å². The summed E-state index contributed by atoms with van der Waals surface area (Å²) in [5.41, 5.74) is 1.67. The van der Waals surface area contributed by atoms with Crippen molar-refractivity contribution >= 4 is 15.9 Å². The van der Waals surface area contributed by atoms with Crippen LogP contribution in [0.15, 0.2) is 17.0 Å². The SMILES string of the molecule is Cc1cc(C)c(S(N)(=O)=O)cc1C(=O)NCC1CC1. The quantitative estimate of drug-likeness (QED) is 0.866. The highest BCUT2D eigenvalue weighted by atomic mass is 32.2. The fourth-order valence-electron chi connectivity index (χ4n) is 2.04. The van der Waals surface area contributed by atoms with E-state index in [-0.39, 0.29) is 10.8 Å². The average molecular weight is 282 g/mol. The van der Waals surface area contributed by atoms with Crippen molar-refractivity contribution in [3.05, 3.63) is 28.8 Å². The number of carbonyl (C=O) groups excluding carboxylic acids is 1. The topological polar surface area (TPSA) is 89.3 Å². The number of aryl methyl sites for hydroxylation is 2. The van der Waals surface area contributed by atoms with E-state index in [1.165, 1.54) is 6.07 Å². The van der Waals surface area contributed by atoms with Gasteiger partial charge in [-0.1, -0.05) is 6.07 Å². The molecule has 1 aromatic rings. The molecule has 19 heavy (non-hydrogen) atoms. The minimum absolute atomic E-state index is 0.00896. The van der Waals surface area contributed by atoms with Gasteiger partial charge >= 0.3 is 0 Å². The Morgan fingerprint density at radius 3 is 2.47 bits per heavy atom. The van der Waals surface area contributed by atoms with Crippen LogP contribution >= 0.6 is 0 Å². The lowest BCUT2D eigenvalue weighted by Crippen LogP contribution is -2.27. The van der Waals surface area contributed by atoms with Gasteiger partial charge in [0.1, 0.15) is 0 Å². The molecule has 0 unspecified atom stereocenters. The largest absolute Gasteiger partial charge is 0.352 e. The van der Waals surface area contributed by atoms with Crippen molar-refractivity contribution < 1.29 is 13.2 Å². The fraction of sp³-hybridized carbons (Fsp3) is 0.462. The molecule has 1 aliphatic carbocycles. The number of nitrogens with two attached hydrogens (primary N) is 1. The van der Waals surface area contributed by atoms with Crippen molar-refractivity contribution in [2.24, 2.45) is 11.1 Å². The molecule has 2 rings (SSSR count). The summed E-state index contributed by atoms with van der Waals surface area (Å²) in [6.45, 7) is 4.10. The maximum absolute atomic E-state index is 12.0. The molecule has 5 nitrogen and oxygen atoms in total. The van der Waals surface area contributed by atoms with Gasteiger partial charge in [0.05, 0.1) is 4.90 Å². The molecule has 0 aliphatic heterocycles. The van der Waals surface area contributed by atoms with Gasteiger partial charge in [0.2, 0.25) is 10.0 Å². The van der Waals surface area contributed by atoms with Crippen molar-refractivity contribution in [1.82, 2.24) is 5.32 Å². The molecule has 6 heteroatoms. The molecule has 1 aliphatic rings. The summed E-state index contributed by atoms with van der Waals surface area (Å²) < 4.78 is 22.9. The van der Waals surface area contributed by atoms with Gasteiger partial charge in [0, 0.05) is 12.1 Å². The van der Waals surface area contributed by atoms with E-state index in [1.807, 2.05) is 0 Å². The summed E-state index contributed by atoms with van der Waals surface area (Å²) in [6.07, 6.45) is 2.30. The minimum Gasteiger partial charge on any atom is -0.352 e. The molecule has 1 saturated carbocycles. The Morgan fingerprint density at radius 2 is 1.95 bits per heavy atom. The van der Waals surface area contributed by atoms with Crippen LogP contribution in [0.1, 0.15) is 34.3 Å². The highest BCUT2D eigenvalue weighted by Gasteiger charge is 2.23. The molecular weight excluding hydrogens is 264 g/mol. The van der Waals surface area contributed by atoms with Gasteiger partial charge in [-0.2, -0.15) is 0 Å². The third-order valence-electron chi connectivity index (χ3n) is 3.32. The molecule has 104 valence electrons. The van der Waals surface area contributed by atoms with Crippen LogP contribution in [0.3, 0.4) is 0 Å². The summed E-state index contributed by atoms with van der Waals surface area (Å²) in [5, 5.41) is 7.97. The highest BCUT2D eigenvalue weighted by Crippen LogP contribution is 2.28. The van der Waals surface area contributed by atoms with Crippen LogP contribution in [0.5, 0.6) is 0 Å². The van der Waals surface area contributed by atoms with E-state index in [2.05, 4.69) is 5.32 Å². The molecule has 0 atom stereocenters. The summed E-state index contributed by atoms with van der Waals surface area (Å²) in [6, 6.07) is 3.04. The second kappa shape index (κ2) is 4.94. The van der Waals surface area contributed by atoms with E-state index in [1.54, 1.807) is 19.9 Å². The van der Waals surface area contributed by atoms with Gasteiger partial charge in [0.25, 0.3) is 5.91 Å². The van der Waals surface area contributed by atoms with Crippen LogP contribution in [0.25, 0.3) is 0 Å². The zero-order chi connectivity index (χ0) is 14.2. The number of primary sulfonamides is 1. The number of sulfonamides is 1. The Labute approximate surface area is 113 Å². The lowest BCUT2D eigenvalue weighted by molar-refractivity contribution is 0.0951. The smallest absolute Gasteiger partial charge is 0.251 e. The van der Waals surface area contributed by atoms with E-state index in [0.29, 0.717) is 23.6 Å². The Morgan fingerprint density at radius 1 is 1.32 bits per heavy atom. The first-order valence-corrected chi connectivity index (χ1v) is 7.76. The zero-order valence-corrected chi connectivity index (χ0v) is 11.9. The lowest BCUT2D eigenvalue weighted by Gasteiger charge is -2.11. The first-order chi connectivity index (χ1) is 8.79. The van der Waals surface area contributed by atoms with Crippen LogP contribution in [0, 0.1) is 19.8 Å². The molecule has 0 heterocycles. The van der Waals surface area contributed by atoms with E-state index in [0.717, 1.165) is 18.4 Å². The van der Waals surface area contributed by atoms with Gasteiger partial charge in [-0.25, -0.2) is 13.6 Å². The summed E-state index contributed by atoms with van der Waals surface area (Å²) in [7, 11) is -3.81. The van der Waals surface area contributed by atoms with E-state index in [4.69, 9.17) is 5.14 Å².